The molecule has 4 rings (SSSR count). The summed E-state index contributed by atoms with van der Waals surface area (Å²) in [4.78, 5) is 23.4. The van der Waals surface area contributed by atoms with Gasteiger partial charge in [0.25, 0.3) is 11.6 Å². The second-order valence-electron chi connectivity index (χ2n) is 8.38. The number of alkyl halides is 3. The van der Waals surface area contributed by atoms with Crippen molar-refractivity contribution < 1.29 is 36.8 Å². The molecule has 3 aromatic carbocycles. The summed E-state index contributed by atoms with van der Waals surface area (Å²) in [6, 6.07) is 16.2. The Labute approximate surface area is 214 Å². The van der Waals surface area contributed by atoms with Crippen LogP contribution >= 0.6 is 0 Å². The molecule has 0 spiro atoms. The summed E-state index contributed by atoms with van der Waals surface area (Å²) in [6.45, 7) is 3.91. The maximum absolute atomic E-state index is 13.0. The lowest BCUT2D eigenvalue weighted by molar-refractivity contribution is -0.384. The van der Waals surface area contributed by atoms with Gasteiger partial charge >= 0.3 is 6.18 Å². The van der Waals surface area contributed by atoms with Crippen LogP contribution in [0.25, 0.3) is 0 Å². The van der Waals surface area contributed by atoms with E-state index in [1.807, 2.05) is 32.0 Å². The normalized spacial score (nSPS) is 11.2. The van der Waals surface area contributed by atoms with E-state index in [0.29, 0.717) is 11.5 Å². The van der Waals surface area contributed by atoms with Crippen molar-refractivity contribution in [3.8, 4) is 17.2 Å². The first-order chi connectivity index (χ1) is 18.0. The van der Waals surface area contributed by atoms with Gasteiger partial charge in [-0.1, -0.05) is 18.2 Å². The Balaban J connectivity index is 1.48. The summed E-state index contributed by atoms with van der Waals surface area (Å²) in [5, 5.41) is 13.9. The van der Waals surface area contributed by atoms with Crippen LogP contribution < -0.4 is 14.8 Å². The smallest absolute Gasteiger partial charge is 0.416 e. The van der Waals surface area contributed by atoms with Crippen LogP contribution in [0.2, 0.25) is 0 Å². The third kappa shape index (κ3) is 6.49. The molecule has 0 saturated heterocycles. The molecule has 1 aromatic heterocycles. The number of nitrogens with one attached hydrogen (secondary N) is 1. The van der Waals surface area contributed by atoms with E-state index in [2.05, 4.69) is 5.32 Å². The number of carbonyl (C=O) groups excluding carboxylic acids is 1. The van der Waals surface area contributed by atoms with Crippen LogP contribution in [0.5, 0.6) is 17.2 Å². The summed E-state index contributed by atoms with van der Waals surface area (Å²) in [6.07, 6.45) is -4.59. The van der Waals surface area contributed by atoms with Gasteiger partial charge < -0.3 is 19.2 Å². The number of nitro groups is 1. The molecular formula is C27H21F3N2O6. The Kier molecular flexibility index (Phi) is 7.38. The van der Waals surface area contributed by atoms with Crippen LogP contribution in [0.4, 0.5) is 24.5 Å². The lowest BCUT2D eigenvalue weighted by Gasteiger charge is -2.11. The lowest BCUT2D eigenvalue weighted by Crippen LogP contribution is -2.11. The molecule has 0 aliphatic rings. The predicted octanol–water partition coefficient (Wildman–Crippen LogP) is 7.45. The first-order valence-corrected chi connectivity index (χ1v) is 11.2. The van der Waals surface area contributed by atoms with Crippen molar-refractivity contribution in [3.05, 3.63) is 111 Å². The summed E-state index contributed by atoms with van der Waals surface area (Å²) in [5.41, 5.74) is 0.569. The van der Waals surface area contributed by atoms with Crippen LogP contribution in [-0.4, -0.2) is 10.8 Å². The molecule has 0 fully saturated rings. The third-order valence-electron chi connectivity index (χ3n) is 5.36. The largest absolute Gasteiger partial charge is 0.485 e. The number of amides is 1. The van der Waals surface area contributed by atoms with Gasteiger partial charge in [0.05, 0.1) is 22.2 Å². The number of halogens is 3. The Morgan fingerprint density at radius 1 is 1.00 bits per heavy atom. The van der Waals surface area contributed by atoms with Crippen molar-refractivity contribution in [1.29, 1.82) is 0 Å². The van der Waals surface area contributed by atoms with Crippen molar-refractivity contribution in [3.63, 3.8) is 0 Å². The van der Waals surface area contributed by atoms with E-state index < -0.39 is 28.3 Å². The van der Waals surface area contributed by atoms with Gasteiger partial charge in [0.1, 0.15) is 29.6 Å². The number of aryl methyl sites for hydroxylation is 2. The zero-order valence-corrected chi connectivity index (χ0v) is 20.2. The molecule has 38 heavy (non-hydrogen) atoms. The summed E-state index contributed by atoms with van der Waals surface area (Å²) >= 11 is 0. The van der Waals surface area contributed by atoms with Gasteiger partial charge in [-0.05, 0) is 61.4 Å². The maximum Gasteiger partial charge on any atom is 0.416 e. The number of hydrogen-bond donors (Lipinski definition) is 1. The van der Waals surface area contributed by atoms with Crippen LogP contribution in [0, 0.1) is 24.0 Å². The van der Waals surface area contributed by atoms with Crippen LogP contribution in [-0.2, 0) is 12.8 Å². The maximum atomic E-state index is 13.0. The van der Waals surface area contributed by atoms with Gasteiger partial charge in [-0.25, -0.2) is 0 Å². The molecule has 0 bridgehead atoms. The van der Waals surface area contributed by atoms with Gasteiger partial charge in [-0.3, -0.25) is 14.9 Å². The average Bonchev–Trinajstić information content (AvgIpc) is 3.33. The van der Waals surface area contributed by atoms with E-state index in [1.165, 1.54) is 18.2 Å². The number of benzene rings is 3. The minimum absolute atomic E-state index is 0.0178. The molecule has 4 aromatic rings. The number of carbonyl (C=O) groups is 1. The fraction of sp³-hybridized carbons (Fsp3) is 0.148. The lowest BCUT2D eigenvalue weighted by atomic mass is 10.1. The second kappa shape index (κ2) is 10.7. The number of anilines is 1. The average molecular weight is 526 g/mol. The fourth-order valence-electron chi connectivity index (χ4n) is 3.47. The van der Waals surface area contributed by atoms with Crippen LogP contribution in [0.1, 0.15) is 33.0 Å². The minimum Gasteiger partial charge on any atom is -0.485 e. The third-order valence-corrected chi connectivity index (χ3v) is 5.36. The Bertz CT molecular complexity index is 1500. The SMILES string of the molecule is Cc1ccc(C)c(OCc2ccc(C(=O)Nc3cc(Oc4cccc(C(F)(F)F)c4)cc([N+](=O)[O-])c3)o2)c1. The first kappa shape index (κ1) is 26.3. The van der Waals surface area contributed by atoms with Crippen molar-refractivity contribution >= 4 is 17.3 Å². The molecule has 0 radical (unpaired) electrons. The van der Waals surface area contributed by atoms with E-state index >= 15 is 0 Å². The molecule has 0 aliphatic carbocycles. The predicted molar refractivity (Wildman–Crippen MR) is 132 cm³/mol. The monoisotopic (exact) mass is 526 g/mol. The minimum atomic E-state index is -4.59. The van der Waals surface area contributed by atoms with Crippen molar-refractivity contribution in [2.75, 3.05) is 5.32 Å². The van der Waals surface area contributed by atoms with Crippen molar-refractivity contribution in [2.45, 2.75) is 26.6 Å². The highest BCUT2D eigenvalue weighted by molar-refractivity contribution is 6.02. The summed E-state index contributed by atoms with van der Waals surface area (Å²) in [5.74, 6) is -0.0427. The van der Waals surface area contributed by atoms with E-state index in [0.717, 1.165) is 41.5 Å². The fourth-order valence-corrected chi connectivity index (χ4v) is 3.47. The molecule has 196 valence electrons. The highest BCUT2D eigenvalue weighted by atomic mass is 19.4. The van der Waals surface area contributed by atoms with E-state index in [9.17, 15) is 28.1 Å². The number of rotatable bonds is 8. The molecule has 0 unspecified atom stereocenters. The van der Waals surface area contributed by atoms with E-state index in [4.69, 9.17) is 13.9 Å². The number of nitro benzene ring substituents is 1. The molecule has 8 nitrogen and oxygen atoms in total. The van der Waals surface area contributed by atoms with Crippen LogP contribution in [0.3, 0.4) is 0 Å². The standard InChI is InChI=1S/C27H21F3N2O6/c1-16-6-7-17(2)25(10-16)36-15-22-8-9-24(38-22)26(33)31-19-12-20(32(34)35)14-23(13-19)37-21-5-3-4-18(11-21)27(28,29)30/h3-14H,15H2,1-2H3,(H,31,33). The molecule has 11 heteroatoms. The molecule has 0 aliphatic heterocycles. The summed E-state index contributed by atoms with van der Waals surface area (Å²) in [7, 11) is 0. The molecule has 1 amide bonds. The summed E-state index contributed by atoms with van der Waals surface area (Å²) < 4.78 is 55.8. The number of furan rings is 1. The zero-order chi connectivity index (χ0) is 27.4. The van der Waals surface area contributed by atoms with Gasteiger partial charge in [-0.2, -0.15) is 13.2 Å². The highest BCUT2D eigenvalue weighted by Gasteiger charge is 2.30. The Morgan fingerprint density at radius 3 is 2.53 bits per heavy atom. The molecule has 0 saturated carbocycles. The quantitative estimate of drug-likeness (QED) is 0.189. The molecule has 0 atom stereocenters. The molecule has 1 heterocycles. The van der Waals surface area contributed by atoms with Gasteiger partial charge in [0, 0.05) is 12.1 Å². The zero-order valence-electron chi connectivity index (χ0n) is 20.2. The van der Waals surface area contributed by atoms with E-state index in [-0.39, 0.29) is 29.6 Å². The number of nitrogens with zero attached hydrogens (tertiary/aromatic N) is 1. The topological polar surface area (TPSA) is 104 Å². The molecule has 1 N–H and O–H groups in total. The number of ether oxygens (including phenoxy) is 2. The Morgan fingerprint density at radius 2 is 1.79 bits per heavy atom. The second-order valence-corrected chi connectivity index (χ2v) is 8.38. The molecular weight excluding hydrogens is 505 g/mol. The first-order valence-electron chi connectivity index (χ1n) is 11.2. The van der Waals surface area contributed by atoms with Gasteiger partial charge in [0.2, 0.25) is 0 Å². The number of hydrogen-bond acceptors (Lipinski definition) is 6. The van der Waals surface area contributed by atoms with E-state index in [1.54, 1.807) is 6.07 Å². The van der Waals surface area contributed by atoms with Gasteiger partial charge in [0.15, 0.2) is 5.76 Å². The highest BCUT2D eigenvalue weighted by Crippen LogP contribution is 2.34. The van der Waals surface area contributed by atoms with Gasteiger partial charge in [-0.15, -0.1) is 0 Å². The van der Waals surface area contributed by atoms with Crippen molar-refractivity contribution in [2.24, 2.45) is 0 Å². The van der Waals surface area contributed by atoms with Crippen molar-refractivity contribution in [1.82, 2.24) is 0 Å². The number of non-ortho nitro benzene ring substituents is 1. The Hall–Kier alpha value is -4.80. The van der Waals surface area contributed by atoms with Crippen LogP contribution in [0.15, 0.2) is 77.2 Å².